The minimum Gasteiger partial charge on any atom is -0.507 e. The van der Waals surface area contributed by atoms with E-state index in [-0.39, 0.29) is 17.3 Å². The highest BCUT2D eigenvalue weighted by Crippen LogP contribution is 2.43. The molecule has 2 aliphatic rings. The zero-order valence-corrected chi connectivity index (χ0v) is 18.3. The van der Waals surface area contributed by atoms with E-state index < -0.39 is 17.7 Å². The predicted molar refractivity (Wildman–Crippen MR) is 125 cm³/mol. The maximum Gasteiger partial charge on any atom is 0.302 e. The molecule has 1 atom stereocenters. The van der Waals surface area contributed by atoms with Crippen molar-refractivity contribution in [2.45, 2.75) is 18.9 Å². The number of Topliss-reactive ketones (excluding diaryl/α,β-unsaturated/α-hetero) is 1. The maximum absolute atomic E-state index is 13.2. The van der Waals surface area contributed by atoms with Crippen LogP contribution in [0.4, 0.5) is 5.95 Å². The standard InChI is InChI=1S/C25H19N3O4S/c29-22(15-9-10-18-14(13-15)5-3-11-32-18)20-21(19-8-4-12-33-19)28(24(31)23(20)30)25-26-16-6-1-2-7-17(16)27-25/h1-2,4,6-10,12-13,21,29H,3,5,11H2,(H,26,27)/b22-20+. The molecule has 8 heteroatoms. The Morgan fingerprint density at radius 3 is 2.85 bits per heavy atom. The van der Waals surface area contributed by atoms with Crippen LogP contribution in [0, 0.1) is 0 Å². The van der Waals surface area contributed by atoms with E-state index in [2.05, 4.69) is 9.97 Å². The van der Waals surface area contributed by atoms with Crippen molar-refractivity contribution < 1.29 is 19.4 Å². The molecule has 6 rings (SSSR count). The van der Waals surface area contributed by atoms with Gasteiger partial charge in [0, 0.05) is 10.4 Å². The predicted octanol–water partition coefficient (Wildman–Crippen LogP) is 4.58. The van der Waals surface area contributed by atoms with Gasteiger partial charge in [-0.25, -0.2) is 4.98 Å². The number of amides is 1. The number of ketones is 1. The fraction of sp³-hybridized carbons (Fsp3) is 0.160. The summed E-state index contributed by atoms with van der Waals surface area (Å²) in [6, 6.07) is 15.7. The smallest absolute Gasteiger partial charge is 0.302 e. The number of fused-ring (bicyclic) bond motifs is 2. The lowest BCUT2D eigenvalue weighted by Gasteiger charge is -2.22. The monoisotopic (exact) mass is 457 g/mol. The number of imidazole rings is 1. The molecule has 1 unspecified atom stereocenters. The number of aromatic amines is 1. The highest BCUT2D eigenvalue weighted by atomic mass is 32.1. The second-order valence-electron chi connectivity index (χ2n) is 8.04. The van der Waals surface area contributed by atoms with Gasteiger partial charge in [-0.3, -0.25) is 14.5 Å². The SMILES string of the molecule is O=C1C(=O)N(c2nc3ccccc3[nH]2)C(c2cccs2)/C1=C(\O)c1ccc2c(c1)CCCO2. The number of aromatic nitrogens is 2. The number of hydrogen-bond acceptors (Lipinski definition) is 6. The molecular weight excluding hydrogens is 438 g/mol. The molecule has 1 amide bonds. The van der Waals surface area contributed by atoms with E-state index in [4.69, 9.17) is 4.74 Å². The average molecular weight is 458 g/mol. The van der Waals surface area contributed by atoms with Gasteiger partial charge in [0.1, 0.15) is 17.6 Å². The highest BCUT2D eigenvalue weighted by Gasteiger charge is 2.48. The number of para-hydroxylation sites is 2. The number of rotatable bonds is 3. The van der Waals surface area contributed by atoms with Crippen LogP contribution < -0.4 is 9.64 Å². The summed E-state index contributed by atoms with van der Waals surface area (Å²) < 4.78 is 5.67. The Morgan fingerprint density at radius 2 is 2.03 bits per heavy atom. The summed E-state index contributed by atoms with van der Waals surface area (Å²) >= 11 is 1.42. The zero-order valence-electron chi connectivity index (χ0n) is 17.4. The number of aliphatic hydroxyl groups excluding tert-OH is 1. The largest absolute Gasteiger partial charge is 0.507 e. The number of nitrogens with one attached hydrogen (secondary N) is 1. The summed E-state index contributed by atoms with van der Waals surface area (Å²) in [6.45, 7) is 0.666. The molecule has 0 bridgehead atoms. The van der Waals surface area contributed by atoms with E-state index in [9.17, 15) is 14.7 Å². The molecule has 4 aromatic rings. The fourth-order valence-electron chi connectivity index (χ4n) is 4.48. The summed E-state index contributed by atoms with van der Waals surface area (Å²) in [6.07, 6.45) is 1.72. The number of aliphatic hydroxyl groups is 1. The molecule has 33 heavy (non-hydrogen) atoms. The molecule has 0 saturated carbocycles. The van der Waals surface area contributed by atoms with Crippen LogP contribution in [-0.4, -0.2) is 33.4 Å². The van der Waals surface area contributed by atoms with Gasteiger partial charge in [0.25, 0.3) is 5.78 Å². The van der Waals surface area contributed by atoms with Crippen LogP contribution in [0.25, 0.3) is 16.8 Å². The molecule has 2 N–H and O–H groups in total. The van der Waals surface area contributed by atoms with Gasteiger partial charge in [-0.05, 0) is 60.2 Å². The maximum atomic E-state index is 13.2. The van der Waals surface area contributed by atoms with Crippen molar-refractivity contribution in [3.63, 3.8) is 0 Å². The zero-order chi connectivity index (χ0) is 22.5. The molecule has 0 aliphatic carbocycles. The molecule has 2 aromatic heterocycles. The first kappa shape index (κ1) is 19.8. The van der Waals surface area contributed by atoms with E-state index >= 15 is 0 Å². The van der Waals surface area contributed by atoms with Gasteiger partial charge < -0.3 is 14.8 Å². The molecule has 0 radical (unpaired) electrons. The Labute approximate surface area is 193 Å². The first-order valence-corrected chi connectivity index (χ1v) is 11.5. The van der Waals surface area contributed by atoms with Gasteiger partial charge in [-0.15, -0.1) is 11.3 Å². The lowest BCUT2D eigenvalue weighted by molar-refractivity contribution is -0.132. The number of hydrogen-bond donors (Lipinski definition) is 2. The number of carbonyl (C=O) groups is 2. The van der Waals surface area contributed by atoms with Crippen molar-refractivity contribution >= 4 is 45.8 Å². The van der Waals surface area contributed by atoms with Gasteiger partial charge in [-0.2, -0.15) is 0 Å². The third-order valence-electron chi connectivity index (χ3n) is 6.04. The van der Waals surface area contributed by atoms with Crippen LogP contribution in [0.15, 0.2) is 65.6 Å². The lowest BCUT2D eigenvalue weighted by atomic mass is 9.97. The number of nitrogens with zero attached hydrogens (tertiary/aromatic N) is 2. The number of ether oxygens (including phenoxy) is 1. The van der Waals surface area contributed by atoms with Crippen molar-refractivity contribution in [2.24, 2.45) is 0 Å². The Bertz CT molecular complexity index is 1400. The van der Waals surface area contributed by atoms with Crippen LogP contribution in [0.3, 0.4) is 0 Å². The fourth-order valence-corrected chi connectivity index (χ4v) is 5.31. The van der Waals surface area contributed by atoms with Gasteiger partial charge in [-0.1, -0.05) is 18.2 Å². The van der Waals surface area contributed by atoms with Gasteiger partial charge in [0.05, 0.1) is 23.2 Å². The van der Waals surface area contributed by atoms with E-state index in [1.165, 1.54) is 16.2 Å². The first-order valence-electron chi connectivity index (χ1n) is 10.7. The number of benzene rings is 2. The van der Waals surface area contributed by atoms with E-state index in [1.807, 2.05) is 47.8 Å². The summed E-state index contributed by atoms with van der Waals surface area (Å²) in [5.74, 6) is -0.598. The Hall–Kier alpha value is -3.91. The second-order valence-corrected chi connectivity index (χ2v) is 9.02. The van der Waals surface area contributed by atoms with Gasteiger partial charge in [0.15, 0.2) is 0 Å². The number of aryl methyl sites for hydroxylation is 1. The first-order chi connectivity index (χ1) is 16.1. The number of H-pyrrole nitrogens is 1. The van der Waals surface area contributed by atoms with Gasteiger partial charge in [0.2, 0.25) is 5.95 Å². The van der Waals surface area contributed by atoms with Crippen LogP contribution in [0.5, 0.6) is 5.75 Å². The van der Waals surface area contributed by atoms with Crippen molar-refractivity contribution in [3.05, 3.63) is 81.6 Å². The molecule has 1 saturated heterocycles. The van der Waals surface area contributed by atoms with Crippen LogP contribution in [0.2, 0.25) is 0 Å². The molecule has 1 fully saturated rings. The minimum absolute atomic E-state index is 0.0552. The van der Waals surface area contributed by atoms with Crippen LogP contribution in [-0.2, 0) is 16.0 Å². The molecule has 164 valence electrons. The Balaban J connectivity index is 1.52. The topological polar surface area (TPSA) is 95.5 Å². The van der Waals surface area contributed by atoms with E-state index in [0.717, 1.165) is 34.5 Å². The van der Waals surface area contributed by atoms with Crippen molar-refractivity contribution in [1.29, 1.82) is 0 Å². The van der Waals surface area contributed by atoms with Crippen molar-refractivity contribution in [3.8, 4) is 5.75 Å². The Kier molecular flexibility index (Phi) is 4.55. The Morgan fingerprint density at radius 1 is 1.15 bits per heavy atom. The van der Waals surface area contributed by atoms with Crippen LogP contribution >= 0.6 is 11.3 Å². The lowest BCUT2D eigenvalue weighted by Crippen LogP contribution is -2.30. The number of thiophene rings is 1. The summed E-state index contributed by atoms with van der Waals surface area (Å²) in [4.78, 5) is 36.3. The third-order valence-corrected chi connectivity index (χ3v) is 6.97. The molecule has 2 aliphatic heterocycles. The average Bonchev–Trinajstić information content (AvgIpc) is 3.57. The number of carbonyl (C=O) groups excluding carboxylic acids is 2. The molecule has 0 spiro atoms. The third kappa shape index (κ3) is 3.14. The van der Waals surface area contributed by atoms with Crippen molar-refractivity contribution in [2.75, 3.05) is 11.5 Å². The van der Waals surface area contributed by atoms with Crippen molar-refractivity contribution in [1.82, 2.24) is 9.97 Å². The molecular formula is C25H19N3O4S. The molecule has 2 aromatic carbocycles. The summed E-state index contributed by atoms with van der Waals surface area (Å²) in [5, 5.41) is 13.2. The van der Waals surface area contributed by atoms with E-state index in [1.54, 1.807) is 12.1 Å². The quantitative estimate of drug-likeness (QED) is 0.267. The van der Waals surface area contributed by atoms with E-state index in [0.29, 0.717) is 17.7 Å². The minimum atomic E-state index is -0.780. The van der Waals surface area contributed by atoms with Gasteiger partial charge >= 0.3 is 5.91 Å². The summed E-state index contributed by atoms with van der Waals surface area (Å²) in [5.41, 5.74) is 2.97. The normalized spacial score (nSPS) is 19.6. The molecule has 4 heterocycles. The second kappa shape index (κ2) is 7.60. The summed E-state index contributed by atoms with van der Waals surface area (Å²) in [7, 11) is 0. The molecule has 7 nitrogen and oxygen atoms in total. The highest BCUT2D eigenvalue weighted by molar-refractivity contribution is 7.10. The number of anilines is 1. The van der Waals surface area contributed by atoms with Crippen LogP contribution in [0.1, 0.15) is 28.5 Å².